The summed E-state index contributed by atoms with van der Waals surface area (Å²) in [5.41, 5.74) is 1.81. The Kier molecular flexibility index (Phi) is 9.90. The van der Waals surface area contributed by atoms with Gasteiger partial charge < -0.3 is 9.84 Å². The van der Waals surface area contributed by atoms with E-state index >= 15 is 0 Å². The summed E-state index contributed by atoms with van der Waals surface area (Å²) in [6, 6.07) is 6.30. The summed E-state index contributed by atoms with van der Waals surface area (Å²) >= 11 is 0. The van der Waals surface area contributed by atoms with Crippen LogP contribution in [0, 0.1) is 5.92 Å². The lowest BCUT2D eigenvalue weighted by Gasteiger charge is -2.15. The molecule has 0 unspecified atom stereocenters. The first-order valence-corrected chi connectivity index (χ1v) is 8.63. The molecule has 0 radical (unpaired) electrons. The Morgan fingerprint density at radius 3 is 2.13 bits per heavy atom. The van der Waals surface area contributed by atoms with E-state index in [2.05, 4.69) is 58.9 Å². The molecule has 0 spiro atoms. The Hall–Kier alpha value is -1.28. The van der Waals surface area contributed by atoms with Crippen molar-refractivity contribution in [1.82, 2.24) is 0 Å². The van der Waals surface area contributed by atoms with Crippen LogP contribution in [-0.2, 0) is 0 Å². The van der Waals surface area contributed by atoms with E-state index in [-0.39, 0.29) is 0 Å². The van der Waals surface area contributed by atoms with Gasteiger partial charge in [-0.1, -0.05) is 52.8 Å². The van der Waals surface area contributed by atoms with E-state index in [4.69, 9.17) is 4.74 Å². The fourth-order valence-corrected chi connectivity index (χ4v) is 1.89. The topological polar surface area (TPSA) is 29.5 Å². The van der Waals surface area contributed by atoms with Crippen molar-refractivity contribution in [3.05, 3.63) is 35.4 Å². The molecule has 1 aromatic carbocycles. The Morgan fingerprint density at radius 1 is 1.13 bits per heavy atom. The molecule has 0 aromatic heterocycles. The van der Waals surface area contributed by atoms with Gasteiger partial charge in [-0.05, 0) is 56.2 Å². The molecule has 1 N–H and O–H groups in total. The largest absolute Gasteiger partial charge is 0.496 e. The summed E-state index contributed by atoms with van der Waals surface area (Å²) in [7, 11) is 1.69. The molecule has 1 aromatic rings. The minimum atomic E-state index is -0.603. The molecule has 0 atom stereocenters. The van der Waals surface area contributed by atoms with Gasteiger partial charge in [0.1, 0.15) is 5.75 Å². The SMILES string of the molecule is CC(C)C.COc1ccc(C(C)C)cc1/C=C/CCC(C)(C)O. The number of benzene rings is 1. The van der Waals surface area contributed by atoms with Crippen LogP contribution in [-0.4, -0.2) is 17.8 Å². The van der Waals surface area contributed by atoms with Gasteiger partial charge in [0.2, 0.25) is 0 Å². The van der Waals surface area contributed by atoms with E-state index in [1.807, 2.05) is 19.9 Å². The number of aliphatic hydroxyl groups is 1. The van der Waals surface area contributed by atoms with Crippen LogP contribution in [0.2, 0.25) is 0 Å². The lowest BCUT2D eigenvalue weighted by molar-refractivity contribution is 0.0722. The molecule has 0 heterocycles. The van der Waals surface area contributed by atoms with Crippen LogP contribution < -0.4 is 4.74 Å². The molecule has 0 saturated carbocycles. The average Bonchev–Trinajstić information content (AvgIpc) is 2.41. The maximum Gasteiger partial charge on any atom is 0.126 e. The van der Waals surface area contributed by atoms with Crippen molar-refractivity contribution >= 4 is 6.08 Å². The zero-order chi connectivity index (χ0) is 18.0. The molecule has 2 heteroatoms. The van der Waals surface area contributed by atoms with Gasteiger partial charge in [-0.3, -0.25) is 0 Å². The lowest BCUT2D eigenvalue weighted by Crippen LogP contribution is -2.17. The summed E-state index contributed by atoms with van der Waals surface area (Å²) in [5.74, 6) is 2.23. The van der Waals surface area contributed by atoms with E-state index < -0.39 is 5.60 Å². The predicted molar refractivity (Wildman–Crippen MR) is 102 cm³/mol. The van der Waals surface area contributed by atoms with Crippen LogP contribution in [0.3, 0.4) is 0 Å². The zero-order valence-corrected chi connectivity index (χ0v) is 16.3. The number of methoxy groups -OCH3 is 1. The summed E-state index contributed by atoms with van der Waals surface area (Å²) in [5, 5.41) is 9.67. The van der Waals surface area contributed by atoms with Gasteiger partial charge in [-0.15, -0.1) is 0 Å². The number of rotatable bonds is 6. The maximum absolute atomic E-state index is 9.67. The van der Waals surface area contributed by atoms with Crippen molar-refractivity contribution < 1.29 is 9.84 Å². The van der Waals surface area contributed by atoms with Gasteiger partial charge in [-0.25, -0.2) is 0 Å². The van der Waals surface area contributed by atoms with Crippen molar-refractivity contribution in [2.45, 2.75) is 72.8 Å². The van der Waals surface area contributed by atoms with E-state index in [1.165, 1.54) is 5.56 Å². The zero-order valence-electron chi connectivity index (χ0n) is 16.3. The number of hydrogen-bond acceptors (Lipinski definition) is 2. The highest BCUT2D eigenvalue weighted by Gasteiger charge is 2.10. The molecule has 0 aliphatic carbocycles. The van der Waals surface area contributed by atoms with Gasteiger partial charge in [0.15, 0.2) is 0 Å². The first-order valence-electron chi connectivity index (χ1n) is 8.63. The molecule has 0 amide bonds. The molecular formula is C21H36O2. The molecule has 2 nitrogen and oxygen atoms in total. The van der Waals surface area contributed by atoms with Crippen LogP contribution in [0.4, 0.5) is 0 Å². The van der Waals surface area contributed by atoms with E-state index in [0.717, 1.165) is 30.1 Å². The smallest absolute Gasteiger partial charge is 0.126 e. The maximum atomic E-state index is 9.67. The second kappa shape index (κ2) is 10.5. The fourth-order valence-electron chi connectivity index (χ4n) is 1.89. The first kappa shape index (κ1) is 21.7. The van der Waals surface area contributed by atoms with E-state index in [9.17, 15) is 5.11 Å². The van der Waals surface area contributed by atoms with Crippen LogP contribution in [0.5, 0.6) is 5.75 Å². The van der Waals surface area contributed by atoms with Crippen molar-refractivity contribution in [2.75, 3.05) is 7.11 Å². The van der Waals surface area contributed by atoms with Crippen LogP contribution >= 0.6 is 0 Å². The highest BCUT2D eigenvalue weighted by Crippen LogP contribution is 2.25. The Morgan fingerprint density at radius 2 is 1.70 bits per heavy atom. The van der Waals surface area contributed by atoms with Crippen molar-refractivity contribution in [3.8, 4) is 5.75 Å². The van der Waals surface area contributed by atoms with Crippen molar-refractivity contribution in [3.63, 3.8) is 0 Å². The van der Waals surface area contributed by atoms with Gasteiger partial charge in [-0.2, -0.15) is 0 Å². The summed E-state index contributed by atoms with van der Waals surface area (Å²) in [4.78, 5) is 0. The van der Waals surface area contributed by atoms with E-state index in [0.29, 0.717) is 5.92 Å². The molecule has 0 bridgehead atoms. The molecule has 132 valence electrons. The average molecular weight is 321 g/mol. The molecule has 0 aliphatic heterocycles. The summed E-state index contributed by atoms with van der Waals surface area (Å²) in [6.45, 7) is 14.5. The summed E-state index contributed by atoms with van der Waals surface area (Å²) in [6.07, 6.45) is 5.80. The van der Waals surface area contributed by atoms with Crippen LogP contribution in [0.15, 0.2) is 24.3 Å². The third-order valence-corrected chi connectivity index (χ3v) is 3.14. The van der Waals surface area contributed by atoms with Gasteiger partial charge in [0, 0.05) is 5.56 Å². The van der Waals surface area contributed by atoms with E-state index in [1.54, 1.807) is 7.11 Å². The minimum absolute atomic E-state index is 0.509. The first-order chi connectivity index (χ1) is 10.6. The number of ether oxygens (including phenoxy) is 1. The fraction of sp³-hybridized carbons (Fsp3) is 0.619. The monoisotopic (exact) mass is 320 g/mol. The third-order valence-electron chi connectivity index (χ3n) is 3.14. The number of hydrogen-bond donors (Lipinski definition) is 1. The standard InChI is InChI=1S/C17H26O2.C4H10/c1-13(2)14-9-10-16(19-5)15(12-14)8-6-7-11-17(3,4)18;1-4(2)3/h6,8-10,12-13,18H,7,11H2,1-5H3;4H,1-3H3/b8-6+;. The third kappa shape index (κ3) is 11.0. The highest BCUT2D eigenvalue weighted by molar-refractivity contribution is 5.58. The molecular weight excluding hydrogens is 284 g/mol. The van der Waals surface area contributed by atoms with Crippen LogP contribution in [0.1, 0.15) is 78.4 Å². The molecule has 0 fully saturated rings. The normalized spacial score (nSPS) is 11.8. The Bertz CT molecular complexity index is 462. The highest BCUT2D eigenvalue weighted by atomic mass is 16.5. The van der Waals surface area contributed by atoms with Gasteiger partial charge in [0.05, 0.1) is 12.7 Å². The Balaban J connectivity index is 0.00000108. The molecule has 1 rings (SSSR count). The lowest BCUT2D eigenvalue weighted by atomic mass is 9.99. The van der Waals surface area contributed by atoms with Crippen molar-refractivity contribution in [1.29, 1.82) is 0 Å². The number of allylic oxidation sites excluding steroid dienone is 1. The van der Waals surface area contributed by atoms with Gasteiger partial charge >= 0.3 is 0 Å². The molecule has 0 saturated heterocycles. The second-order valence-electron chi connectivity index (χ2n) is 7.64. The Labute approximate surface area is 143 Å². The second-order valence-corrected chi connectivity index (χ2v) is 7.64. The minimum Gasteiger partial charge on any atom is -0.496 e. The van der Waals surface area contributed by atoms with Crippen molar-refractivity contribution in [2.24, 2.45) is 5.92 Å². The van der Waals surface area contributed by atoms with Gasteiger partial charge in [0.25, 0.3) is 0 Å². The van der Waals surface area contributed by atoms with Crippen LogP contribution in [0.25, 0.3) is 6.08 Å². The molecule has 0 aliphatic rings. The predicted octanol–water partition coefficient (Wildman–Crippen LogP) is 6.05. The molecule has 23 heavy (non-hydrogen) atoms. The summed E-state index contributed by atoms with van der Waals surface area (Å²) < 4.78 is 5.38. The quantitative estimate of drug-likeness (QED) is 0.692.